The van der Waals surface area contributed by atoms with E-state index in [1.807, 2.05) is 194 Å². The summed E-state index contributed by atoms with van der Waals surface area (Å²) in [7, 11) is 0. The van der Waals surface area contributed by atoms with Crippen LogP contribution in [0, 0.1) is 39.9 Å². The number of hydrogen-bond acceptors (Lipinski definition) is 26. The largest absolute Gasteiger partial charge is 0.465 e. The van der Waals surface area contributed by atoms with Gasteiger partial charge in [0.05, 0.1) is 81.2 Å². The summed E-state index contributed by atoms with van der Waals surface area (Å²) in [5, 5.41) is 21.7. The second-order valence-electron chi connectivity index (χ2n) is 44.2. The number of rotatable bonds is 26. The molecular formula is C85H146N6O20. The van der Waals surface area contributed by atoms with E-state index in [4.69, 9.17) is 56.8 Å². The van der Waals surface area contributed by atoms with Gasteiger partial charge in [-0.3, -0.25) is 38.4 Å². The topological polar surface area (TPSA) is 319 Å². The molecule has 8 aliphatic heterocycles. The van der Waals surface area contributed by atoms with Crippen molar-refractivity contribution >= 4 is 47.8 Å². The van der Waals surface area contributed by atoms with Crippen molar-refractivity contribution in [2.24, 2.45) is 39.9 Å². The molecule has 4 unspecified atom stereocenters. The Kier molecular flexibility index (Phi) is 27.6. The first-order chi connectivity index (χ1) is 50.3. The van der Waals surface area contributed by atoms with Crippen LogP contribution in [0.4, 0.5) is 0 Å². The number of ether oxygens (including phenoxy) is 12. The minimum absolute atomic E-state index is 0.120. The SMILES string of the molecule is CC1(C)CC(OC(=O)CC(C(=O)OC2CC(C)(C)NC(C)(C)C2)C(CC(=O)OCC(C)(C)C2OCC3(CO2)COC(C(C)(C)COC(=O)CC(C(=O)OC2CC(C)(C)NC(C)(C)C2)C(CC(=O)OC2CC(C)(C)NC(C)(C)C2)C(=O)OC2CC(C)(C)NC(C)(C)C2)OC3)C(=O)OC2CC(C)(C)NC(C)(C)C2)CC(C)(C)N1. The number of carbonyl (C=O) groups excluding carboxylic acids is 8. The quantitative estimate of drug-likeness (QED) is 0.0346. The number of hydrogen-bond donors (Lipinski definition) is 6. The molecule has 4 atom stereocenters. The summed E-state index contributed by atoms with van der Waals surface area (Å²) in [5.41, 5.74) is -7.67. The fourth-order valence-electron chi connectivity index (χ4n) is 20.7. The highest BCUT2D eigenvalue weighted by Crippen LogP contribution is 2.43. The van der Waals surface area contributed by atoms with Crippen molar-refractivity contribution in [1.29, 1.82) is 0 Å². The summed E-state index contributed by atoms with van der Waals surface area (Å²) in [6.45, 7) is 56.1. The average molecular weight is 1570 g/mol. The molecule has 8 rings (SSSR count). The first kappa shape index (κ1) is 91.9. The monoisotopic (exact) mass is 1570 g/mol. The summed E-state index contributed by atoms with van der Waals surface area (Å²) < 4.78 is 75.9. The predicted octanol–water partition coefficient (Wildman–Crippen LogP) is 11.0. The molecule has 0 aliphatic carbocycles. The van der Waals surface area contributed by atoms with Crippen LogP contribution in [-0.4, -0.2) is 203 Å². The molecule has 26 nitrogen and oxygen atoms in total. The van der Waals surface area contributed by atoms with Gasteiger partial charge in [0.1, 0.15) is 49.8 Å². The Morgan fingerprint density at radius 2 is 0.441 bits per heavy atom. The number of piperidine rings is 6. The summed E-state index contributed by atoms with van der Waals surface area (Å²) in [6, 6.07) is 0. The molecule has 26 heteroatoms. The summed E-state index contributed by atoms with van der Waals surface area (Å²) >= 11 is 0. The first-order valence-electron chi connectivity index (χ1n) is 41.1. The van der Waals surface area contributed by atoms with Gasteiger partial charge in [-0.05, 0) is 166 Å². The van der Waals surface area contributed by atoms with Gasteiger partial charge in [-0.15, -0.1) is 0 Å². The summed E-state index contributed by atoms with van der Waals surface area (Å²) in [5.74, 6) is -12.3. The third-order valence-corrected chi connectivity index (χ3v) is 23.0. The van der Waals surface area contributed by atoms with Crippen molar-refractivity contribution in [2.75, 3.05) is 39.6 Å². The van der Waals surface area contributed by atoms with Crippen molar-refractivity contribution in [3.8, 4) is 0 Å². The van der Waals surface area contributed by atoms with E-state index in [9.17, 15) is 19.2 Å². The van der Waals surface area contributed by atoms with Crippen molar-refractivity contribution in [3.63, 3.8) is 0 Å². The maximum atomic E-state index is 15.1. The Hall–Kier alpha value is -4.64. The van der Waals surface area contributed by atoms with E-state index >= 15 is 19.2 Å². The van der Waals surface area contributed by atoms with E-state index < -0.39 is 207 Å². The van der Waals surface area contributed by atoms with Gasteiger partial charge >= 0.3 is 47.8 Å². The zero-order valence-corrected chi connectivity index (χ0v) is 73.1. The number of nitrogens with one attached hydrogen (secondary N) is 6. The molecule has 0 amide bonds. The smallest absolute Gasteiger partial charge is 0.310 e. The van der Waals surface area contributed by atoms with E-state index in [0.29, 0.717) is 77.0 Å². The molecule has 111 heavy (non-hydrogen) atoms. The molecule has 6 N–H and O–H groups in total. The molecule has 0 radical (unpaired) electrons. The molecule has 636 valence electrons. The fraction of sp³-hybridized carbons (Fsp3) is 0.906. The van der Waals surface area contributed by atoms with Crippen LogP contribution in [0.3, 0.4) is 0 Å². The Labute approximate surface area is 663 Å². The van der Waals surface area contributed by atoms with Gasteiger partial charge in [-0.1, -0.05) is 27.7 Å². The lowest BCUT2D eigenvalue weighted by molar-refractivity contribution is -0.337. The lowest BCUT2D eigenvalue weighted by atomic mass is 9.80. The Morgan fingerprint density at radius 3 is 0.622 bits per heavy atom. The van der Waals surface area contributed by atoms with E-state index in [1.54, 1.807) is 0 Å². The van der Waals surface area contributed by atoms with Crippen molar-refractivity contribution in [1.82, 2.24) is 31.9 Å². The van der Waals surface area contributed by atoms with Gasteiger partial charge in [0.2, 0.25) is 0 Å². The third kappa shape index (κ3) is 27.2. The van der Waals surface area contributed by atoms with Gasteiger partial charge in [0.25, 0.3) is 0 Å². The van der Waals surface area contributed by atoms with Gasteiger partial charge in [0.15, 0.2) is 12.6 Å². The molecule has 1 spiro atoms. The third-order valence-electron chi connectivity index (χ3n) is 23.0. The standard InChI is InChI=1S/C85H146N6O20/c1-71(2,45-100-61(92)29-57(65(96)108-53-37-77(13,14)88-78(15,16)38-53)59(67(98)110-55-41-81(21,22)90-82(23,24)42-55)31-63(94)106-51-33-73(5,6)86-74(7,8)34-51)69-102-47-85(48-103-69)49-104-70(105-50-85)72(3,4)46-101-62(93)30-58(66(97)109-54-39-79(17,18)89-80(19,20)40-54)60(68(99)111-56-43-83(25,26)91-84(27,28)44-56)32-64(95)107-52-35-75(9,10)87-76(11,12)36-52/h51-60,69-70,86-91H,29-50H2,1-28H3. The fourth-order valence-corrected chi connectivity index (χ4v) is 20.7. The normalized spacial score (nSPS) is 28.8. The molecule has 0 bridgehead atoms. The van der Waals surface area contributed by atoms with Crippen molar-refractivity contribution in [2.45, 2.75) is 412 Å². The average Bonchev–Trinajstić information content (AvgIpc) is 0.790. The molecular weight excluding hydrogens is 1420 g/mol. The number of carbonyl (C=O) groups is 8. The lowest BCUT2D eigenvalue weighted by Crippen LogP contribution is -2.60. The molecule has 8 aliphatic rings. The number of esters is 8. The van der Waals surface area contributed by atoms with E-state index in [0.717, 1.165) is 0 Å². The van der Waals surface area contributed by atoms with Crippen LogP contribution >= 0.6 is 0 Å². The lowest BCUT2D eigenvalue weighted by Gasteiger charge is -2.48. The molecule has 0 aromatic heterocycles. The van der Waals surface area contributed by atoms with Gasteiger partial charge in [0, 0.05) is 154 Å². The Morgan fingerprint density at radius 1 is 0.279 bits per heavy atom. The van der Waals surface area contributed by atoms with Crippen LogP contribution in [-0.2, 0) is 95.2 Å². The molecule has 8 saturated heterocycles. The minimum Gasteiger partial charge on any atom is -0.465 e. The second-order valence-corrected chi connectivity index (χ2v) is 44.2. The predicted molar refractivity (Wildman–Crippen MR) is 418 cm³/mol. The summed E-state index contributed by atoms with van der Waals surface area (Å²) in [4.78, 5) is 118. The molecule has 0 aromatic carbocycles. The molecule has 0 saturated carbocycles. The zero-order chi connectivity index (χ0) is 83.3. The highest BCUT2D eigenvalue weighted by atomic mass is 16.7. The maximum absolute atomic E-state index is 15.1. The van der Waals surface area contributed by atoms with Gasteiger partial charge in [-0.25, -0.2) is 0 Å². The second kappa shape index (κ2) is 33.4. The van der Waals surface area contributed by atoms with Crippen molar-refractivity contribution < 1.29 is 95.2 Å². The van der Waals surface area contributed by atoms with E-state index in [1.165, 1.54) is 0 Å². The molecule has 8 fully saturated rings. The highest BCUT2D eigenvalue weighted by molar-refractivity contribution is 5.90. The van der Waals surface area contributed by atoms with Crippen LogP contribution in [0.2, 0.25) is 0 Å². The van der Waals surface area contributed by atoms with Crippen LogP contribution in [0.5, 0.6) is 0 Å². The maximum Gasteiger partial charge on any atom is 0.310 e. The first-order valence-corrected chi connectivity index (χ1v) is 41.1. The van der Waals surface area contributed by atoms with Crippen molar-refractivity contribution in [3.05, 3.63) is 0 Å². The van der Waals surface area contributed by atoms with Gasteiger partial charge in [-0.2, -0.15) is 0 Å². The Balaban J connectivity index is 0.933. The van der Waals surface area contributed by atoms with Crippen LogP contribution in [0.1, 0.15) is 297 Å². The highest BCUT2D eigenvalue weighted by Gasteiger charge is 2.54. The summed E-state index contributed by atoms with van der Waals surface area (Å²) in [6.07, 6.45) is -1.88. The van der Waals surface area contributed by atoms with E-state index in [-0.39, 0.29) is 61.8 Å². The Bertz CT molecular complexity index is 3000. The van der Waals surface area contributed by atoms with E-state index in [2.05, 4.69) is 31.9 Å². The minimum atomic E-state index is -1.51. The van der Waals surface area contributed by atoms with Gasteiger partial charge < -0.3 is 88.7 Å². The van der Waals surface area contributed by atoms with Crippen LogP contribution in [0.15, 0.2) is 0 Å². The zero-order valence-electron chi connectivity index (χ0n) is 73.1. The van der Waals surface area contributed by atoms with Crippen LogP contribution < -0.4 is 31.9 Å². The molecule has 0 aromatic rings. The van der Waals surface area contributed by atoms with Crippen LogP contribution in [0.25, 0.3) is 0 Å². The molecule has 8 heterocycles.